The number of pyridine rings is 1. The molecule has 0 saturated carbocycles. The summed E-state index contributed by atoms with van der Waals surface area (Å²) < 4.78 is 6.79. The molecule has 0 radical (unpaired) electrons. The van der Waals surface area contributed by atoms with Crippen LogP contribution in [0.2, 0.25) is 0 Å². The summed E-state index contributed by atoms with van der Waals surface area (Å²) in [6.45, 7) is 3.82. The highest BCUT2D eigenvalue weighted by molar-refractivity contribution is 5.86. The Balaban J connectivity index is 1.67. The van der Waals surface area contributed by atoms with Gasteiger partial charge in [0.1, 0.15) is 29.3 Å². The van der Waals surface area contributed by atoms with Gasteiger partial charge in [0, 0.05) is 6.07 Å². The normalized spacial score (nSPS) is 12.1. The van der Waals surface area contributed by atoms with Gasteiger partial charge in [-0.15, -0.1) is 15.3 Å². The zero-order valence-corrected chi connectivity index (χ0v) is 19.5. The number of rotatable bonds is 6. The quantitative estimate of drug-likeness (QED) is 0.330. The highest BCUT2D eigenvalue weighted by Gasteiger charge is 2.22. The van der Waals surface area contributed by atoms with E-state index in [4.69, 9.17) is 10.5 Å². The first-order chi connectivity index (χ1) is 16.9. The summed E-state index contributed by atoms with van der Waals surface area (Å²) in [5, 5.41) is 23.9. The number of aromatic nitrogens is 9. The van der Waals surface area contributed by atoms with Crippen LogP contribution >= 0.6 is 0 Å². The minimum atomic E-state index is -0.411. The molecule has 0 amide bonds. The van der Waals surface area contributed by atoms with Crippen molar-refractivity contribution in [2.24, 2.45) is 7.05 Å². The lowest BCUT2D eigenvalue weighted by Gasteiger charge is -2.21. The maximum absolute atomic E-state index is 13.7. The van der Waals surface area contributed by atoms with Crippen LogP contribution in [0.5, 0.6) is 5.88 Å². The van der Waals surface area contributed by atoms with Crippen molar-refractivity contribution in [3.8, 4) is 23.1 Å². The monoisotopic (exact) mass is 473 g/mol. The third-order valence-corrected chi connectivity index (χ3v) is 5.68. The van der Waals surface area contributed by atoms with E-state index in [1.54, 1.807) is 17.7 Å². The SMILES string of the molecule is COc1cc(-n2c([C@H](C)Nc3ncnc(N)c3-c3nnn(C)n3)cc3cccc(C)c3c2=O)[nH]n1. The number of methoxy groups -OCH3 is 1. The molecule has 0 aliphatic rings. The van der Waals surface area contributed by atoms with E-state index in [1.165, 1.54) is 18.2 Å². The fraction of sp³-hybridized carbons (Fsp3) is 0.227. The summed E-state index contributed by atoms with van der Waals surface area (Å²) in [5.41, 5.74) is 7.91. The predicted octanol–water partition coefficient (Wildman–Crippen LogP) is 1.77. The van der Waals surface area contributed by atoms with Crippen LogP contribution in [-0.2, 0) is 7.05 Å². The first-order valence-electron chi connectivity index (χ1n) is 10.7. The average molecular weight is 474 g/mol. The summed E-state index contributed by atoms with van der Waals surface area (Å²) in [6, 6.07) is 8.96. The lowest BCUT2D eigenvalue weighted by atomic mass is 10.0. The van der Waals surface area contributed by atoms with E-state index in [2.05, 4.69) is 40.9 Å². The number of aromatic amines is 1. The molecule has 0 fully saturated rings. The van der Waals surface area contributed by atoms with Crippen molar-refractivity contribution in [3.63, 3.8) is 0 Å². The molecule has 0 unspecified atom stereocenters. The largest absolute Gasteiger partial charge is 0.480 e. The first kappa shape index (κ1) is 22.0. The molecule has 4 heterocycles. The summed E-state index contributed by atoms with van der Waals surface area (Å²) in [6.07, 6.45) is 1.35. The topological polar surface area (TPSA) is 167 Å². The Kier molecular flexibility index (Phi) is 5.35. The van der Waals surface area contributed by atoms with Crippen molar-refractivity contribution in [2.75, 3.05) is 18.2 Å². The molecule has 1 atom stereocenters. The van der Waals surface area contributed by atoms with E-state index in [0.29, 0.717) is 34.2 Å². The predicted molar refractivity (Wildman–Crippen MR) is 129 cm³/mol. The number of nitrogens with zero attached hydrogens (tertiary/aromatic N) is 8. The Morgan fingerprint density at radius 3 is 2.77 bits per heavy atom. The number of hydrogen-bond donors (Lipinski definition) is 3. The van der Waals surface area contributed by atoms with Crippen LogP contribution in [-0.4, -0.2) is 52.0 Å². The Hall–Kier alpha value is -4.81. The fourth-order valence-electron chi connectivity index (χ4n) is 4.03. The third-order valence-electron chi connectivity index (χ3n) is 5.68. The highest BCUT2D eigenvalue weighted by atomic mass is 16.5. The van der Waals surface area contributed by atoms with Gasteiger partial charge in [0.2, 0.25) is 11.7 Å². The van der Waals surface area contributed by atoms with Crippen molar-refractivity contribution in [1.82, 2.24) is 44.9 Å². The van der Waals surface area contributed by atoms with Crippen molar-refractivity contribution in [1.29, 1.82) is 0 Å². The number of ether oxygens (including phenoxy) is 1. The minimum Gasteiger partial charge on any atom is -0.480 e. The number of hydrogen-bond acceptors (Lipinski definition) is 10. The molecule has 0 bridgehead atoms. The smallest absolute Gasteiger partial charge is 0.264 e. The first-order valence-corrected chi connectivity index (χ1v) is 10.7. The Bertz CT molecular complexity index is 1600. The molecule has 0 aliphatic carbocycles. The zero-order chi connectivity index (χ0) is 24.7. The number of benzene rings is 1. The van der Waals surface area contributed by atoms with E-state index in [9.17, 15) is 4.79 Å². The molecule has 1 aromatic carbocycles. The Morgan fingerprint density at radius 1 is 1.23 bits per heavy atom. The van der Waals surface area contributed by atoms with Gasteiger partial charge in [-0.3, -0.25) is 14.5 Å². The minimum absolute atomic E-state index is 0.187. The van der Waals surface area contributed by atoms with Gasteiger partial charge in [0.25, 0.3) is 5.56 Å². The summed E-state index contributed by atoms with van der Waals surface area (Å²) in [5.74, 6) is 1.72. The van der Waals surface area contributed by atoms with Gasteiger partial charge >= 0.3 is 0 Å². The molecule has 13 nitrogen and oxygen atoms in total. The van der Waals surface area contributed by atoms with Gasteiger partial charge in [-0.1, -0.05) is 18.2 Å². The molecule has 0 saturated heterocycles. The van der Waals surface area contributed by atoms with Gasteiger partial charge in [-0.05, 0) is 36.1 Å². The molecule has 4 aromatic heterocycles. The lowest BCUT2D eigenvalue weighted by Crippen LogP contribution is -2.26. The molecular weight excluding hydrogens is 450 g/mol. The molecule has 178 valence electrons. The van der Waals surface area contributed by atoms with Crippen molar-refractivity contribution < 1.29 is 4.74 Å². The van der Waals surface area contributed by atoms with Crippen molar-refractivity contribution in [3.05, 3.63) is 58.3 Å². The maximum atomic E-state index is 13.7. The second-order valence-corrected chi connectivity index (χ2v) is 8.00. The lowest BCUT2D eigenvalue weighted by molar-refractivity contribution is 0.397. The molecular formula is C22H23N11O2. The fourth-order valence-corrected chi connectivity index (χ4v) is 4.03. The molecule has 4 N–H and O–H groups in total. The molecule has 13 heteroatoms. The Labute approximate surface area is 199 Å². The molecule has 0 spiro atoms. The van der Waals surface area contributed by atoms with Gasteiger partial charge in [-0.25, -0.2) is 9.97 Å². The Morgan fingerprint density at radius 2 is 2.06 bits per heavy atom. The second kappa shape index (κ2) is 8.52. The van der Waals surface area contributed by atoms with E-state index >= 15 is 0 Å². The highest BCUT2D eigenvalue weighted by Crippen LogP contribution is 2.31. The second-order valence-electron chi connectivity index (χ2n) is 8.00. The number of anilines is 2. The van der Waals surface area contributed by atoms with E-state index in [-0.39, 0.29) is 17.2 Å². The number of nitrogen functional groups attached to an aromatic ring is 1. The van der Waals surface area contributed by atoms with Gasteiger partial charge < -0.3 is 15.8 Å². The zero-order valence-electron chi connectivity index (χ0n) is 19.5. The van der Waals surface area contributed by atoms with Crippen LogP contribution < -0.4 is 21.3 Å². The van der Waals surface area contributed by atoms with E-state index < -0.39 is 6.04 Å². The van der Waals surface area contributed by atoms with Crippen LogP contribution in [0.3, 0.4) is 0 Å². The van der Waals surface area contributed by atoms with Gasteiger partial charge in [0.05, 0.1) is 31.3 Å². The number of aryl methyl sites for hydroxylation is 2. The number of fused-ring (bicyclic) bond motifs is 1. The molecule has 35 heavy (non-hydrogen) atoms. The van der Waals surface area contributed by atoms with Crippen LogP contribution in [0.25, 0.3) is 28.0 Å². The maximum Gasteiger partial charge on any atom is 0.264 e. The number of H-pyrrole nitrogens is 1. The van der Waals surface area contributed by atoms with Crippen LogP contribution in [0.4, 0.5) is 11.6 Å². The molecule has 0 aliphatic heterocycles. The molecule has 5 aromatic rings. The number of tetrazole rings is 1. The summed E-state index contributed by atoms with van der Waals surface area (Å²) in [7, 11) is 3.17. The van der Waals surface area contributed by atoms with Crippen LogP contribution in [0.1, 0.15) is 24.2 Å². The average Bonchev–Trinajstić information content (AvgIpc) is 3.48. The van der Waals surface area contributed by atoms with Crippen molar-refractivity contribution in [2.45, 2.75) is 19.9 Å². The van der Waals surface area contributed by atoms with Gasteiger partial charge in [0.15, 0.2) is 0 Å². The van der Waals surface area contributed by atoms with E-state index in [1.807, 2.05) is 38.1 Å². The van der Waals surface area contributed by atoms with Crippen molar-refractivity contribution >= 4 is 22.4 Å². The van der Waals surface area contributed by atoms with E-state index in [0.717, 1.165) is 10.9 Å². The number of nitrogens with one attached hydrogen (secondary N) is 2. The molecule has 5 rings (SSSR count). The third kappa shape index (κ3) is 3.82. The standard InChI is InChI=1S/C22H23N11O2/c1-11-6-5-7-13-8-14(33(22(34)17(11)13)15-9-16(35-4)28-27-15)12(2)26-20-18(19(23)24-10-25-20)21-29-31-32(3)30-21/h5-10,12H,1-4H3,(H,27,28)(H3,23,24,25,26)/t12-/m0/s1. The van der Waals surface area contributed by atoms with Gasteiger partial charge in [-0.2, -0.15) is 4.80 Å². The van der Waals surface area contributed by atoms with Crippen LogP contribution in [0, 0.1) is 6.92 Å². The number of nitrogens with two attached hydrogens (primary N) is 1. The van der Waals surface area contributed by atoms with Crippen LogP contribution in [0.15, 0.2) is 41.5 Å². The summed E-state index contributed by atoms with van der Waals surface area (Å²) in [4.78, 5) is 23.5. The summed E-state index contributed by atoms with van der Waals surface area (Å²) >= 11 is 0.